The van der Waals surface area contributed by atoms with Gasteiger partial charge in [0, 0.05) is 5.69 Å². The largest absolute Gasteiger partial charge is 0.481 e. The monoisotopic (exact) mass is 456 g/mol. The summed E-state index contributed by atoms with van der Waals surface area (Å²) in [7, 11) is 0. The van der Waals surface area contributed by atoms with Crippen LogP contribution in [-0.4, -0.2) is 51.6 Å². The van der Waals surface area contributed by atoms with Crippen LogP contribution >= 0.6 is 0 Å². The molecule has 1 aromatic heterocycles. The zero-order valence-electron chi connectivity index (χ0n) is 17.4. The maximum Gasteiger partial charge on any atom is 0.341 e. The van der Waals surface area contributed by atoms with Crippen LogP contribution in [0.5, 0.6) is 17.2 Å². The van der Waals surface area contributed by atoms with Crippen LogP contribution < -0.4 is 19.9 Å². The Hall–Kier alpha value is -4.54. The number of ketones is 1. The summed E-state index contributed by atoms with van der Waals surface area (Å²) in [5.41, 5.74) is 5.96. The van der Waals surface area contributed by atoms with Crippen molar-refractivity contribution < 1.29 is 43.6 Å². The zero-order chi connectivity index (χ0) is 24.1. The molecule has 2 aromatic carbocycles. The van der Waals surface area contributed by atoms with Crippen molar-refractivity contribution in [2.24, 2.45) is 5.73 Å². The van der Waals surface area contributed by atoms with Crippen LogP contribution in [0.15, 0.2) is 42.5 Å². The third-order valence-corrected chi connectivity index (χ3v) is 4.66. The number of nitrogens with zero attached hydrogens (tertiary/aromatic N) is 1. The first kappa shape index (κ1) is 23.1. The fourth-order valence-electron chi connectivity index (χ4n) is 3.28. The van der Waals surface area contributed by atoms with Gasteiger partial charge in [0.25, 0.3) is 11.7 Å². The van der Waals surface area contributed by atoms with Gasteiger partial charge < -0.3 is 34.7 Å². The van der Waals surface area contributed by atoms with E-state index in [2.05, 4.69) is 0 Å². The smallest absolute Gasteiger partial charge is 0.341 e. The number of hydrogen-bond donors (Lipinski definition) is 3. The molecule has 0 fully saturated rings. The summed E-state index contributed by atoms with van der Waals surface area (Å²) in [4.78, 5) is 46.0. The summed E-state index contributed by atoms with van der Waals surface area (Å²) in [5, 5.41) is 18.0. The summed E-state index contributed by atoms with van der Waals surface area (Å²) in [6, 6.07) is 11.2. The highest BCUT2D eigenvalue weighted by Crippen LogP contribution is 2.35. The van der Waals surface area contributed by atoms with Crippen molar-refractivity contribution in [2.45, 2.75) is 13.7 Å². The highest BCUT2D eigenvalue weighted by atomic mass is 16.5. The van der Waals surface area contributed by atoms with Crippen molar-refractivity contribution in [3.63, 3.8) is 0 Å². The van der Waals surface area contributed by atoms with Gasteiger partial charge in [-0.2, -0.15) is 0 Å². The first-order valence-electron chi connectivity index (χ1n) is 9.57. The molecular weight excluding hydrogens is 436 g/mol. The number of benzene rings is 2. The number of aromatic nitrogens is 1. The first-order chi connectivity index (χ1) is 15.7. The number of aliphatic carboxylic acids is 2. The fraction of sp³-hybridized carbons (Fsp3) is 0.182. The average Bonchev–Trinajstić information content (AvgIpc) is 3.06. The number of rotatable bonds is 11. The molecule has 0 unspecified atom stereocenters. The van der Waals surface area contributed by atoms with Gasteiger partial charge in [-0.25, -0.2) is 9.59 Å². The molecule has 0 aliphatic carbocycles. The standard InChI is InChI=1S/C22H20N2O9/c1-12-19(21(29)22(23)30)20-13(5-4-8-16(20)32-10-18(27)28)24(12)11-33-15-7-3-2-6-14(15)31-9-17(25)26/h2-8H,9-11H2,1H3,(H2,23,30)(H,25,26)(H,27,28). The molecule has 0 atom stereocenters. The quantitative estimate of drug-likeness (QED) is 0.287. The molecule has 0 aliphatic heterocycles. The number of para-hydroxylation sites is 2. The summed E-state index contributed by atoms with van der Waals surface area (Å²) in [5.74, 6) is -3.97. The minimum Gasteiger partial charge on any atom is -0.481 e. The molecule has 0 spiro atoms. The fourth-order valence-corrected chi connectivity index (χ4v) is 3.28. The summed E-state index contributed by atoms with van der Waals surface area (Å²) >= 11 is 0. The van der Waals surface area contributed by atoms with Crippen molar-refractivity contribution in [2.75, 3.05) is 13.2 Å². The van der Waals surface area contributed by atoms with Gasteiger partial charge in [0.2, 0.25) is 0 Å². The molecule has 3 aromatic rings. The number of carboxylic acids is 2. The Morgan fingerprint density at radius 2 is 1.39 bits per heavy atom. The minimum atomic E-state index is -1.22. The van der Waals surface area contributed by atoms with Gasteiger partial charge in [0.15, 0.2) is 31.4 Å². The molecule has 11 heteroatoms. The topological polar surface area (TPSA) is 167 Å². The number of amides is 1. The van der Waals surface area contributed by atoms with E-state index in [0.717, 1.165) is 0 Å². The Labute approximate surface area is 186 Å². The van der Waals surface area contributed by atoms with E-state index >= 15 is 0 Å². The molecule has 1 amide bonds. The lowest BCUT2D eigenvalue weighted by atomic mass is 10.1. The number of fused-ring (bicyclic) bond motifs is 1. The number of ether oxygens (including phenoxy) is 3. The van der Waals surface area contributed by atoms with E-state index < -0.39 is 36.8 Å². The maximum absolute atomic E-state index is 12.6. The first-order valence-corrected chi connectivity index (χ1v) is 9.57. The second-order valence-corrected chi connectivity index (χ2v) is 6.82. The lowest BCUT2D eigenvalue weighted by Crippen LogP contribution is -2.24. The van der Waals surface area contributed by atoms with Crippen molar-refractivity contribution in [1.82, 2.24) is 4.57 Å². The van der Waals surface area contributed by atoms with Crippen LogP contribution in [0, 0.1) is 6.92 Å². The summed E-state index contributed by atoms with van der Waals surface area (Å²) < 4.78 is 17.9. The highest BCUT2D eigenvalue weighted by Gasteiger charge is 2.26. The van der Waals surface area contributed by atoms with E-state index in [4.69, 9.17) is 30.2 Å². The Bertz CT molecular complexity index is 1250. The van der Waals surface area contributed by atoms with Crippen molar-refractivity contribution >= 4 is 34.5 Å². The number of carboxylic acid groups (broad SMARTS) is 2. The van der Waals surface area contributed by atoms with E-state index in [9.17, 15) is 19.2 Å². The Morgan fingerprint density at radius 3 is 1.97 bits per heavy atom. The van der Waals surface area contributed by atoms with E-state index in [1.165, 1.54) is 6.07 Å². The van der Waals surface area contributed by atoms with E-state index in [1.807, 2.05) is 0 Å². The number of primary amides is 1. The van der Waals surface area contributed by atoms with Gasteiger partial charge >= 0.3 is 11.9 Å². The summed E-state index contributed by atoms with van der Waals surface area (Å²) in [6.45, 7) is 0.212. The number of carbonyl (C=O) groups is 4. The predicted octanol–water partition coefficient (Wildman–Crippen LogP) is 1.58. The molecule has 0 saturated carbocycles. The van der Waals surface area contributed by atoms with Gasteiger partial charge in [0.1, 0.15) is 5.75 Å². The lowest BCUT2D eigenvalue weighted by molar-refractivity contribution is -0.140. The lowest BCUT2D eigenvalue weighted by Gasteiger charge is -2.14. The summed E-state index contributed by atoms with van der Waals surface area (Å²) in [6.07, 6.45) is 0. The average molecular weight is 456 g/mol. The normalized spacial score (nSPS) is 10.6. The molecule has 11 nitrogen and oxygen atoms in total. The second-order valence-electron chi connectivity index (χ2n) is 6.82. The minimum absolute atomic E-state index is 0.0301. The Balaban J connectivity index is 2.04. The SMILES string of the molecule is Cc1c(C(=O)C(N)=O)c2c(OCC(=O)O)cccc2n1COc1ccccc1OCC(=O)O. The van der Waals surface area contributed by atoms with Crippen LogP contribution in [0.4, 0.5) is 0 Å². The number of hydrogen-bond acceptors (Lipinski definition) is 7. The molecule has 1 heterocycles. The molecule has 172 valence electrons. The number of Topliss-reactive ketones (excluding diaryl/α,β-unsaturated/α-hetero) is 1. The molecule has 33 heavy (non-hydrogen) atoms. The Morgan fingerprint density at radius 1 is 0.848 bits per heavy atom. The van der Waals surface area contributed by atoms with E-state index in [1.54, 1.807) is 47.9 Å². The van der Waals surface area contributed by atoms with Crippen LogP contribution in [0.1, 0.15) is 16.1 Å². The molecule has 0 saturated heterocycles. The molecular formula is C22H20N2O9. The van der Waals surface area contributed by atoms with Crippen molar-refractivity contribution in [3.8, 4) is 17.2 Å². The maximum atomic E-state index is 12.6. The third kappa shape index (κ3) is 5.03. The molecule has 0 radical (unpaired) electrons. The molecule has 0 bridgehead atoms. The molecule has 0 aliphatic rings. The van der Waals surface area contributed by atoms with Crippen LogP contribution in [0.3, 0.4) is 0 Å². The number of nitrogens with two attached hydrogens (primary N) is 1. The van der Waals surface area contributed by atoms with Gasteiger partial charge in [-0.3, -0.25) is 9.59 Å². The number of carbonyl (C=O) groups excluding carboxylic acids is 2. The van der Waals surface area contributed by atoms with Gasteiger partial charge in [-0.1, -0.05) is 18.2 Å². The third-order valence-electron chi connectivity index (χ3n) is 4.66. The highest BCUT2D eigenvalue weighted by molar-refractivity contribution is 6.45. The van der Waals surface area contributed by atoms with Crippen molar-refractivity contribution in [1.29, 1.82) is 0 Å². The molecule has 4 N–H and O–H groups in total. The van der Waals surface area contributed by atoms with E-state index in [-0.39, 0.29) is 34.9 Å². The predicted molar refractivity (Wildman–Crippen MR) is 114 cm³/mol. The van der Waals surface area contributed by atoms with Crippen LogP contribution in [0.25, 0.3) is 10.9 Å². The van der Waals surface area contributed by atoms with Crippen LogP contribution in [-0.2, 0) is 21.1 Å². The van der Waals surface area contributed by atoms with Crippen molar-refractivity contribution in [3.05, 3.63) is 53.7 Å². The van der Waals surface area contributed by atoms with Gasteiger partial charge in [-0.05, 0) is 31.2 Å². The Kier molecular flexibility index (Phi) is 6.82. The van der Waals surface area contributed by atoms with Crippen LogP contribution in [0.2, 0.25) is 0 Å². The van der Waals surface area contributed by atoms with Gasteiger partial charge in [-0.15, -0.1) is 0 Å². The second kappa shape index (κ2) is 9.73. The molecule has 3 rings (SSSR count). The van der Waals surface area contributed by atoms with E-state index in [0.29, 0.717) is 11.2 Å². The van der Waals surface area contributed by atoms with Gasteiger partial charge in [0.05, 0.1) is 16.5 Å². The zero-order valence-corrected chi connectivity index (χ0v) is 17.4.